The molecule has 3 rings (SSSR count). The van der Waals surface area contributed by atoms with E-state index < -0.39 is 10.0 Å². The number of likely N-dealkylation sites (N-methyl/N-ethyl adjacent to an activating group) is 1. The third kappa shape index (κ3) is 4.74. The Balaban J connectivity index is 1.75. The van der Waals surface area contributed by atoms with E-state index in [-0.39, 0.29) is 23.4 Å². The molecule has 144 valence electrons. The van der Waals surface area contributed by atoms with Crippen molar-refractivity contribution in [3.63, 3.8) is 0 Å². The van der Waals surface area contributed by atoms with Gasteiger partial charge in [-0.2, -0.15) is 0 Å². The lowest BCUT2D eigenvalue weighted by molar-refractivity contribution is 0.0737. The number of hydrogen-bond donors (Lipinski definition) is 2. The van der Waals surface area contributed by atoms with Gasteiger partial charge in [0.2, 0.25) is 10.0 Å². The van der Waals surface area contributed by atoms with Gasteiger partial charge >= 0.3 is 0 Å². The molecule has 0 spiro atoms. The Bertz CT molecular complexity index is 884. The molecule has 2 aromatic carbocycles. The highest BCUT2D eigenvalue weighted by atomic mass is 32.2. The van der Waals surface area contributed by atoms with Crippen molar-refractivity contribution in [1.29, 1.82) is 0 Å². The van der Waals surface area contributed by atoms with Gasteiger partial charge in [0, 0.05) is 31.2 Å². The minimum atomic E-state index is -3.69. The molecule has 0 saturated carbocycles. The normalized spacial score (nSPS) is 17.2. The zero-order chi connectivity index (χ0) is 19.3. The maximum absolute atomic E-state index is 12.9. The van der Waals surface area contributed by atoms with E-state index >= 15 is 0 Å². The number of hydrogen-bond acceptors (Lipinski definition) is 4. The SMILES string of the molecule is CNCC1CCCN1C(=O)c1cccc(S(=O)(=O)NCc2ccccc2)c1. The number of benzene rings is 2. The van der Waals surface area contributed by atoms with Gasteiger partial charge in [-0.25, -0.2) is 13.1 Å². The molecule has 1 aliphatic rings. The van der Waals surface area contributed by atoms with Crippen molar-refractivity contribution in [1.82, 2.24) is 14.9 Å². The Morgan fingerprint density at radius 3 is 2.67 bits per heavy atom. The van der Waals surface area contributed by atoms with Crippen LogP contribution in [-0.4, -0.2) is 45.4 Å². The molecule has 6 nitrogen and oxygen atoms in total. The summed E-state index contributed by atoms with van der Waals surface area (Å²) in [7, 11) is -1.83. The third-order valence-corrected chi connectivity index (χ3v) is 6.18. The van der Waals surface area contributed by atoms with Crippen LogP contribution < -0.4 is 10.0 Å². The number of nitrogens with one attached hydrogen (secondary N) is 2. The highest BCUT2D eigenvalue weighted by molar-refractivity contribution is 7.89. The summed E-state index contributed by atoms with van der Waals surface area (Å²) in [5.41, 5.74) is 1.28. The molecule has 0 bridgehead atoms. The first kappa shape index (κ1) is 19.5. The summed E-state index contributed by atoms with van der Waals surface area (Å²) >= 11 is 0. The number of sulfonamides is 1. The molecule has 1 fully saturated rings. The van der Waals surface area contributed by atoms with E-state index in [1.165, 1.54) is 12.1 Å². The average Bonchev–Trinajstić information content (AvgIpc) is 3.15. The van der Waals surface area contributed by atoms with E-state index in [9.17, 15) is 13.2 Å². The van der Waals surface area contributed by atoms with E-state index in [1.54, 1.807) is 12.1 Å². The number of carbonyl (C=O) groups excluding carboxylic acids is 1. The van der Waals surface area contributed by atoms with E-state index in [4.69, 9.17) is 0 Å². The van der Waals surface area contributed by atoms with Crippen LogP contribution in [0.15, 0.2) is 59.5 Å². The van der Waals surface area contributed by atoms with Crippen LogP contribution in [0, 0.1) is 0 Å². The van der Waals surface area contributed by atoms with Crippen LogP contribution >= 0.6 is 0 Å². The van der Waals surface area contributed by atoms with Gasteiger partial charge in [-0.1, -0.05) is 36.4 Å². The zero-order valence-electron chi connectivity index (χ0n) is 15.4. The van der Waals surface area contributed by atoms with Crippen molar-refractivity contribution >= 4 is 15.9 Å². The molecule has 1 heterocycles. The van der Waals surface area contributed by atoms with Crippen LogP contribution in [0.2, 0.25) is 0 Å². The van der Waals surface area contributed by atoms with Gasteiger partial charge in [0.1, 0.15) is 0 Å². The topological polar surface area (TPSA) is 78.5 Å². The highest BCUT2D eigenvalue weighted by Crippen LogP contribution is 2.21. The molecule has 2 aromatic rings. The van der Waals surface area contributed by atoms with Gasteiger partial charge in [0.25, 0.3) is 5.91 Å². The summed E-state index contributed by atoms with van der Waals surface area (Å²) in [6.45, 7) is 1.65. The predicted molar refractivity (Wildman–Crippen MR) is 105 cm³/mol. The van der Waals surface area contributed by atoms with Gasteiger partial charge < -0.3 is 10.2 Å². The second kappa shape index (κ2) is 8.65. The minimum Gasteiger partial charge on any atom is -0.334 e. The second-order valence-electron chi connectivity index (χ2n) is 6.69. The fourth-order valence-electron chi connectivity index (χ4n) is 3.37. The van der Waals surface area contributed by atoms with Crippen molar-refractivity contribution in [2.24, 2.45) is 0 Å². The summed E-state index contributed by atoms with van der Waals surface area (Å²) in [4.78, 5) is 14.8. The number of likely N-dealkylation sites (tertiary alicyclic amines) is 1. The van der Waals surface area contributed by atoms with Crippen molar-refractivity contribution in [2.45, 2.75) is 30.3 Å². The Hall–Kier alpha value is -2.22. The molecular weight excluding hydrogens is 362 g/mol. The van der Waals surface area contributed by atoms with E-state index in [1.807, 2.05) is 42.3 Å². The summed E-state index contributed by atoms with van der Waals surface area (Å²) in [5, 5.41) is 3.11. The van der Waals surface area contributed by atoms with E-state index in [2.05, 4.69) is 10.0 Å². The molecule has 1 amide bonds. The van der Waals surface area contributed by atoms with Crippen LogP contribution in [-0.2, 0) is 16.6 Å². The van der Waals surface area contributed by atoms with Gasteiger partial charge in [-0.05, 0) is 43.7 Å². The molecular formula is C20H25N3O3S. The summed E-state index contributed by atoms with van der Waals surface area (Å²) < 4.78 is 27.8. The number of carbonyl (C=O) groups is 1. The van der Waals surface area contributed by atoms with Crippen molar-refractivity contribution in [2.75, 3.05) is 20.1 Å². The van der Waals surface area contributed by atoms with Gasteiger partial charge in [0.15, 0.2) is 0 Å². The Labute approximate surface area is 160 Å². The van der Waals surface area contributed by atoms with Crippen molar-refractivity contribution in [3.05, 3.63) is 65.7 Å². The number of rotatable bonds is 7. The molecule has 1 atom stereocenters. The highest BCUT2D eigenvalue weighted by Gasteiger charge is 2.29. The number of nitrogens with zero attached hydrogens (tertiary/aromatic N) is 1. The van der Waals surface area contributed by atoms with Crippen LogP contribution in [0.25, 0.3) is 0 Å². The molecule has 0 aromatic heterocycles. The summed E-state index contributed by atoms with van der Waals surface area (Å²) in [5.74, 6) is -0.118. The first-order valence-corrected chi connectivity index (χ1v) is 10.6. The molecule has 0 radical (unpaired) electrons. The lowest BCUT2D eigenvalue weighted by Gasteiger charge is -2.24. The minimum absolute atomic E-state index is 0.105. The second-order valence-corrected chi connectivity index (χ2v) is 8.46. The smallest absolute Gasteiger partial charge is 0.254 e. The standard InChI is InChI=1S/C20H25N3O3S/c1-21-15-18-10-6-12-23(18)20(24)17-9-5-11-19(13-17)27(25,26)22-14-16-7-3-2-4-8-16/h2-5,7-9,11,13,18,21-22H,6,10,12,14-15H2,1H3. The van der Waals surface area contributed by atoms with Crippen LogP contribution in [0.1, 0.15) is 28.8 Å². The summed E-state index contributed by atoms with van der Waals surface area (Å²) in [6.07, 6.45) is 1.93. The fourth-order valence-corrected chi connectivity index (χ4v) is 4.43. The predicted octanol–water partition coefficient (Wildman–Crippen LogP) is 1.99. The lowest BCUT2D eigenvalue weighted by Crippen LogP contribution is -2.40. The molecule has 2 N–H and O–H groups in total. The first-order valence-electron chi connectivity index (χ1n) is 9.10. The van der Waals surface area contributed by atoms with Crippen molar-refractivity contribution in [3.8, 4) is 0 Å². The first-order chi connectivity index (χ1) is 13.0. The molecule has 1 saturated heterocycles. The van der Waals surface area contributed by atoms with Gasteiger partial charge in [-0.3, -0.25) is 4.79 Å². The summed E-state index contributed by atoms with van der Waals surface area (Å²) in [6, 6.07) is 15.7. The lowest BCUT2D eigenvalue weighted by atomic mass is 10.1. The average molecular weight is 388 g/mol. The Morgan fingerprint density at radius 2 is 1.93 bits per heavy atom. The van der Waals surface area contributed by atoms with Crippen molar-refractivity contribution < 1.29 is 13.2 Å². The zero-order valence-corrected chi connectivity index (χ0v) is 16.2. The molecule has 0 aliphatic carbocycles. The van der Waals surface area contributed by atoms with Crippen LogP contribution in [0.3, 0.4) is 0 Å². The van der Waals surface area contributed by atoms with Gasteiger partial charge in [0.05, 0.1) is 4.90 Å². The fraction of sp³-hybridized carbons (Fsp3) is 0.350. The third-order valence-electron chi connectivity index (χ3n) is 4.78. The Morgan fingerprint density at radius 1 is 1.15 bits per heavy atom. The largest absolute Gasteiger partial charge is 0.334 e. The van der Waals surface area contributed by atoms with E-state index in [0.29, 0.717) is 12.1 Å². The quantitative estimate of drug-likeness (QED) is 0.762. The molecule has 1 unspecified atom stereocenters. The maximum atomic E-state index is 12.9. The van der Waals surface area contributed by atoms with Crippen LogP contribution in [0.4, 0.5) is 0 Å². The van der Waals surface area contributed by atoms with Gasteiger partial charge in [-0.15, -0.1) is 0 Å². The monoisotopic (exact) mass is 387 g/mol. The molecule has 1 aliphatic heterocycles. The van der Waals surface area contributed by atoms with E-state index in [0.717, 1.165) is 24.9 Å². The Kier molecular flexibility index (Phi) is 6.26. The molecule has 7 heteroatoms. The maximum Gasteiger partial charge on any atom is 0.254 e. The molecule has 27 heavy (non-hydrogen) atoms. The van der Waals surface area contributed by atoms with Crippen LogP contribution in [0.5, 0.6) is 0 Å². The number of amides is 1.